The van der Waals surface area contributed by atoms with Crippen LogP contribution in [-0.4, -0.2) is 20.5 Å². The molecule has 2 aromatic rings. The number of nitrogens with one attached hydrogen (secondary N) is 1. The fraction of sp³-hybridized carbons (Fsp3) is 0.294. The molecule has 0 fully saturated rings. The highest BCUT2D eigenvalue weighted by molar-refractivity contribution is 7.98. The normalized spacial score (nSPS) is 11.8. The molecule has 0 amide bonds. The Balaban J connectivity index is 2.16. The monoisotopic (exact) mass is 303 g/mol. The van der Waals surface area contributed by atoms with Crippen molar-refractivity contribution < 1.29 is 9.47 Å². The summed E-state index contributed by atoms with van der Waals surface area (Å²) in [7, 11) is 3.32. The van der Waals surface area contributed by atoms with E-state index < -0.39 is 0 Å². The molecule has 2 rings (SSSR count). The number of benzene rings is 2. The van der Waals surface area contributed by atoms with Gasteiger partial charge in [0.05, 0.1) is 19.9 Å². The summed E-state index contributed by atoms with van der Waals surface area (Å²) in [5.74, 6) is 1.57. The lowest BCUT2D eigenvalue weighted by Gasteiger charge is -2.18. The average molecular weight is 303 g/mol. The van der Waals surface area contributed by atoms with E-state index in [1.807, 2.05) is 18.2 Å². The van der Waals surface area contributed by atoms with Crippen LogP contribution in [0, 0.1) is 0 Å². The molecule has 0 aromatic heterocycles. The van der Waals surface area contributed by atoms with E-state index in [0.29, 0.717) is 0 Å². The van der Waals surface area contributed by atoms with Crippen LogP contribution in [0.25, 0.3) is 0 Å². The maximum absolute atomic E-state index is 5.42. The Labute approximate surface area is 130 Å². The standard InChI is InChI=1S/C17H21NO2S/c1-12(13-5-8-15(21-4)9-6-13)18-16-10-7-14(19-2)11-17(16)20-3/h5-12,18H,1-4H3. The van der Waals surface area contributed by atoms with E-state index in [0.717, 1.165) is 17.2 Å². The maximum atomic E-state index is 5.42. The maximum Gasteiger partial charge on any atom is 0.145 e. The third-order valence-corrected chi connectivity index (χ3v) is 4.14. The van der Waals surface area contributed by atoms with E-state index in [1.165, 1.54) is 10.5 Å². The Bertz CT molecular complexity index is 584. The SMILES string of the molecule is COc1ccc(NC(C)c2ccc(SC)cc2)c(OC)c1. The summed E-state index contributed by atoms with van der Waals surface area (Å²) < 4.78 is 10.6. The average Bonchev–Trinajstić information content (AvgIpc) is 2.55. The molecule has 1 atom stereocenters. The molecule has 1 N–H and O–H groups in total. The predicted octanol–water partition coefficient (Wildman–Crippen LogP) is 4.60. The first-order valence-corrected chi connectivity index (χ1v) is 8.03. The van der Waals surface area contributed by atoms with E-state index in [4.69, 9.17) is 9.47 Å². The second kappa shape index (κ2) is 7.27. The van der Waals surface area contributed by atoms with Crippen LogP contribution in [0.2, 0.25) is 0 Å². The molecule has 0 spiro atoms. The van der Waals surface area contributed by atoms with E-state index in [-0.39, 0.29) is 6.04 Å². The van der Waals surface area contributed by atoms with Crippen LogP contribution in [0.4, 0.5) is 5.69 Å². The van der Waals surface area contributed by atoms with Gasteiger partial charge in [-0.15, -0.1) is 11.8 Å². The molecule has 112 valence electrons. The molecular weight excluding hydrogens is 282 g/mol. The van der Waals surface area contributed by atoms with Gasteiger partial charge in [0.25, 0.3) is 0 Å². The smallest absolute Gasteiger partial charge is 0.145 e. The highest BCUT2D eigenvalue weighted by atomic mass is 32.2. The fourth-order valence-electron chi connectivity index (χ4n) is 2.13. The predicted molar refractivity (Wildman–Crippen MR) is 89.8 cm³/mol. The molecule has 0 aliphatic heterocycles. The van der Waals surface area contributed by atoms with Gasteiger partial charge >= 0.3 is 0 Å². The van der Waals surface area contributed by atoms with Crippen molar-refractivity contribution in [1.82, 2.24) is 0 Å². The number of hydrogen-bond acceptors (Lipinski definition) is 4. The van der Waals surface area contributed by atoms with Crippen molar-refractivity contribution in [2.45, 2.75) is 17.9 Å². The second-order valence-electron chi connectivity index (χ2n) is 4.71. The molecule has 2 aromatic carbocycles. The summed E-state index contributed by atoms with van der Waals surface area (Å²) in [6.45, 7) is 2.14. The van der Waals surface area contributed by atoms with Crippen LogP contribution in [0.3, 0.4) is 0 Å². The van der Waals surface area contributed by atoms with Crippen molar-refractivity contribution in [2.24, 2.45) is 0 Å². The minimum absolute atomic E-state index is 0.197. The first-order chi connectivity index (χ1) is 10.2. The van der Waals surface area contributed by atoms with Crippen LogP contribution < -0.4 is 14.8 Å². The Morgan fingerprint density at radius 2 is 1.71 bits per heavy atom. The molecule has 0 radical (unpaired) electrons. The van der Waals surface area contributed by atoms with Gasteiger partial charge < -0.3 is 14.8 Å². The zero-order valence-electron chi connectivity index (χ0n) is 12.8. The molecule has 0 bridgehead atoms. The van der Waals surface area contributed by atoms with Crippen LogP contribution in [0.15, 0.2) is 47.4 Å². The summed E-state index contributed by atoms with van der Waals surface area (Å²) >= 11 is 1.75. The second-order valence-corrected chi connectivity index (χ2v) is 5.59. The third kappa shape index (κ3) is 3.85. The van der Waals surface area contributed by atoms with Gasteiger partial charge in [-0.2, -0.15) is 0 Å². The van der Waals surface area contributed by atoms with Crippen LogP contribution in [0.5, 0.6) is 11.5 Å². The van der Waals surface area contributed by atoms with Crippen molar-refractivity contribution in [3.63, 3.8) is 0 Å². The van der Waals surface area contributed by atoms with E-state index >= 15 is 0 Å². The molecule has 0 saturated carbocycles. The quantitative estimate of drug-likeness (QED) is 0.790. The third-order valence-electron chi connectivity index (χ3n) is 3.40. The van der Waals surface area contributed by atoms with Gasteiger partial charge in [0.15, 0.2) is 0 Å². The van der Waals surface area contributed by atoms with Gasteiger partial charge in [0.2, 0.25) is 0 Å². The molecule has 21 heavy (non-hydrogen) atoms. The zero-order valence-corrected chi connectivity index (χ0v) is 13.7. The molecule has 4 heteroatoms. The zero-order chi connectivity index (χ0) is 15.2. The van der Waals surface area contributed by atoms with Crippen molar-refractivity contribution >= 4 is 17.4 Å². The largest absolute Gasteiger partial charge is 0.497 e. The lowest BCUT2D eigenvalue weighted by molar-refractivity contribution is 0.395. The Hall–Kier alpha value is -1.81. The number of thioether (sulfide) groups is 1. The first-order valence-electron chi connectivity index (χ1n) is 6.80. The number of hydrogen-bond donors (Lipinski definition) is 1. The van der Waals surface area contributed by atoms with Crippen LogP contribution in [-0.2, 0) is 0 Å². The molecule has 1 unspecified atom stereocenters. The lowest BCUT2D eigenvalue weighted by Crippen LogP contribution is -2.07. The molecular formula is C17H21NO2S. The summed E-state index contributed by atoms with van der Waals surface area (Å²) in [5.41, 5.74) is 2.20. The highest BCUT2D eigenvalue weighted by Gasteiger charge is 2.10. The van der Waals surface area contributed by atoms with Crippen LogP contribution >= 0.6 is 11.8 Å². The van der Waals surface area contributed by atoms with E-state index in [2.05, 4.69) is 42.8 Å². The number of methoxy groups -OCH3 is 2. The number of rotatable bonds is 6. The van der Waals surface area contributed by atoms with E-state index in [1.54, 1.807) is 26.0 Å². The van der Waals surface area contributed by atoms with E-state index in [9.17, 15) is 0 Å². The fourth-order valence-corrected chi connectivity index (χ4v) is 2.54. The molecule has 0 aliphatic carbocycles. The number of ether oxygens (including phenoxy) is 2. The first kappa shape index (κ1) is 15.6. The minimum Gasteiger partial charge on any atom is -0.497 e. The number of anilines is 1. The van der Waals surface area contributed by atoms with Crippen LogP contribution in [0.1, 0.15) is 18.5 Å². The van der Waals surface area contributed by atoms with Gasteiger partial charge in [0.1, 0.15) is 11.5 Å². The topological polar surface area (TPSA) is 30.5 Å². The highest BCUT2D eigenvalue weighted by Crippen LogP contribution is 2.32. The lowest BCUT2D eigenvalue weighted by atomic mass is 10.1. The summed E-state index contributed by atoms with van der Waals surface area (Å²) in [4.78, 5) is 1.27. The van der Waals surface area contributed by atoms with Gasteiger partial charge in [-0.05, 0) is 43.0 Å². The van der Waals surface area contributed by atoms with Gasteiger partial charge in [-0.1, -0.05) is 12.1 Å². The van der Waals surface area contributed by atoms with Gasteiger partial charge in [-0.3, -0.25) is 0 Å². The summed E-state index contributed by atoms with van der Waals surface area (Å²) in [6, 6.07) is 14.6. The molecule has 0 saturated heterocycles. The van der Waals surface area contributed by atoms with Crippen molar-refractivity contribution in [1.29, 1.82) is 0 Å². The summed E-state index contributed by atoms with van der Waals surface area (Å²) in [5, 5.41) is 3.48. The molecule has 0 heterocycles. The minimum atomic E-state index is 0.197. The molecule has 3 nitrogen and oxygen atoms in total. The summed E-state index contributed by atoms with van der Waals surface area (Å²) in [6.07, 6.45) is 2.08. The van der Waals surface area contributed by atoms with Crippen molar-refractivity contribution in [3.8, 4) is 11.5 Å². The van der Waals surface area contributed by atoms with Crippen molar-refractivity contribution in [3.05, 3.63) is 48.0 Å². The Morgan fingerprint density at radius 3 is 2.29 bits per heavy atom. The Kier molecular flexibility index (Phi) is 5.39. The van der Waals surface area contributed by atoms with Gasteiger partial charge in [-0.25, -0.2) is 0 Å². The Morgan fingerprint density at radius 1 is 1.00 bits per heavy atom. The van der Waals surface area contributed by atoms with Gasteiger partial charge in [0, 0.05) is 17.0 Å². The molecule has 0 aliphatic rings. The van der Waals surface area contributed by atoms with Crippen molar-refractivity contribution in [2.75, 3.05) is 25.8 Å².